The summed E-state index contributed by atoms with van der Waals surface area (Å²) < 4.78 is 9.08. The highest BCUT2D eigenvalue weighted by Crippen LogP contribution is 2.34. The van der Waals surface area contributed by atoms with Crippen molar-refractivity contribution in [2.45, 2.75) is 37.7 Å². The molecule has 1 aliphatic carbocycles. The lowest BCUT2D eigenvalue weighted by Crippen LogP contribution is -2.38. The third-order valence-electron chi connectivity index (χ3n) is 3.05. The number of aliphatic hydroxyl groups is 1. The first-order chi connectivity index (χ1) is 8.03. The molecule has 1 N–H and O–H groups in total. The Labute approximate surface area is 100 Å². The fourth-order valence-corrected chi connectivity index (χ4v) is 2.08. The average Bonchev–Trinajstić information content (AvgIpc) is 2.35. The van der Waals surface area contributed by atoms with Crippen molar-refractivity contribution in [1.82, 2.24) is 0 Å². The number of ether oxygens (including phenoxy) is 2. The lowest BCUT2D eigenvalue weighted by Gasteiger charge is -2.32. The molecule has 5 heteroatoms. The first-order valence-corrected chi connectivity index (χ1v) is 5.64. The van der Waals surface area contributed by atoms with E-state index < -0.39 is 17.5 Å². The van der Waals surface area contributed by atoms with Crippen LogP contribution in [0, 0.1) is 0 Å². The topological polar surface area (TPSA) is 72.8 Å². The zero-order valence-corrected chi connectivity index (χ0v) is 10.2. The van der Waals surface area contributed by atoms with Gasteiger partial charge in [0.05, 0.1) is 25.4 Å². The van der Waals surface area contributed by atoms with Gasteiger partial charge in [-0.2, -0.15) is 0 Å². The second-order valence-electron chi connectivity index (χ2n) is 4.16. The minimum absolute atomic E-state index is 0.00782. The maximum Gasteiger partial charge on any atom is 0.336 e. The van der Waals surface area contributed by atoms with E-state index in [1.807, 2.05) is 0 Å². The van der Waals surface area contributed by atoms with Crippen LogP contribution in [0.25, 0.3) is 0 Å². The van der Waals surface area contributed by atoms with Gasteiger partial charge in [0, 0.05) is 6.08 Å². The van der Waals surface area contributed by atoms with Gasteiger partial charge in [0.1, 0.15) is 0 Å². The molecule has 1 saturated carbocycles. The van der Waals surface area contributed by atoms with Gasteiger partial charge in [-0.25, -0.2) is 9.59 Å². The number of rotatable bonds is 3. The summed E-state index contributed by atoms with van der Waals surface area (Å²) in [6.07, 6.45) is 4.63. The number of esters is 2. The van der Waals surface area contributed by atoms with Crippen molar-refractivity contribution in [2.75, 3.05) is 14.2 Å². The van der Waals surface area contributed by atoms with E-state index in [-0.39, 0.29) is 5.57 Å². The van der Waals surface area contributed by atoms with Crippen molar-refractivity contribution in [3.05, 3.63) is 11.6 Å². The van der Waals surface area contributed by atoms with Crippen molar-refractivity contribution >= 4 is 11.9 Å². The Bertz CT molecular complexity index is 326. The molecule has 17 heavy (non-hydrogen) atoms. The molecular weight excluding hydrogens is 224 g/mol. The molecule has 0 bridgehead atoms. The normalized spacial score (nSPS) is 19.6. The molecule has 0 aromatic heterocycles. The van der Waals surface area contributed by atoms with Crippen LogP contribution in [0.1, 0.15) is 32.1 Å². The molecular formula is C12H18O5. The van der Waals surface area contributed by atoms with E-state index in [1.54, 1.807) is 0 Å². The van der Waals surface area contributed by atoms with E-state index in [2.05, 4.69) is 9.47 Å². The van der Waals surface area contributed by atoms with Gasteiger partial charge in [-0.15, -0.1) is 0 Å². The predicted molar refractivity (Wildman–Crippen MR) is 60.1 cm³/mol. The van der Waals surface area contributed by atoms with Crippen LogP contribution >= 0.6 is 0 Å². The Morgan fingerprint density at radius 1 is 1.12 bits per heavy atom. The van der Waals surface area contributed by atoms with Gasteiger partial charge < -0.3 is 14.6 Å². The van der Waals surface area contributed by atoms with Crippen molar-refractivity contribution < 1.29 is 24.2 Å². The molecule has 0 spiro atoms. The minimum Gasteiger partial charge on any atom is -0.466 e. The third kappa shape index (κ3) is 3.30. The quantitative estimate of drug-likeness (QED) is 0.589. The van der Waals surface area contributed by atoms with Crippen LogP contribution in [0.3, 0.4) is 0 Å². The van der Waals surface area contributed by atoms with E-state index in [4.69, 9.17) is 0 Å². The van der Waals surface area contributed by atoms with Gasteiger partial charge >= 0.3 is 11.9 Å². The van der Waals surface area contributed by atoms with Crippen molar-refractivity contribution in [3.8, 4) is 0 Å². The lowest BCUT2D eigenvalue weighted by atomic mass is 9.79. The van der Waals surface area contributed by atoms with Crippen LogP contribution in [0.5, 0.6) is 0 Å². The van der Waals surface area contributed by atoms with Gasteiger partial charge in [-0.1, -0.05) is 19.3 Å². The lowest BCUT2D eigenvalue weighted by molar-refractivity contribution is -0.141. The molecule has 0 aromatic rings. The fourth-order valence-electron chi connectivity index (χ4n) is 2.08. The zero-order valence-electron chi connectivity index (χ0n) is 10.2. The molecule has 0 unspecified atom stereocenters. The van der Waals surface area contributed by atoms with Crippen molar-refractivity contribution in [3.63, 3.8) is 0 Å². The van der Waals surface area contributed by atoms with Crippen LogP contribution in [0.2, 0.25) is 0 Å². The summed E-state index contributed by atoms with van der Waals surface area (Å²) in [7, 11) is 2.44. The maximum atomic E-state index is 11.6. The minimum atomic E-state index is -1.26. The number of carbonyl (C=O) groups is 2. The summed E-state index contributed by atoms with van der Waals surface area (Å²) in [6.45, 7) is 0. The van der Waals surface area contributed by atoms with Gasteiger partial charge in [-0.05, 0) is 12.8 Å². The smallest absolute Gasteiger partial charge is 0.336 e. The number of carbonyl (C=O) groups excluding carboxylic acids is 2. The summed E-state index contributed by atoms with van der Waals surface area (Å²) in [6, 6.07) is 0. The van der Waals surface area contributed by atoms with Gasteiger partial charge in [0.25, 0.3) is 0 Å². The molecule has 0 saturated heterocycles. The molecule has 0 amide bonds. The monoisotopic (exact) mass is 242 g/mol. The summed E-state index contributed by atoms with van der Waals surface area (Å²) in [4.78, 5) is 22.8. The van der Waals surface area contributed by atoms with E-state index in [0.29, 0.717) is 12.8 Å². The van der Waals surface area contributed by atoms with Crippen molar-refractivity contribution in [1.29, 1.82) is 0 Å². The second kappa shape index (κ2) is 5.82. The predicted octanol–water partition coefficient (Wildman–Crippen LogP) is 0.954. The fraction of sp³-hybridized carbons (Fsp3) is 0.667. The van der Waals surface area contributed by atoms with Crippen molar-refractivity contribution in [2.24, 2.45) is 0 Å². The first-order valence-electron chi connectivity index (χ1n) is 5.64. The largest absolute Gasteiger partial charge is 0.466 e. The van der Waals surface area contributed by atoms with Crippen LogP contribution in [0.15, 0.2) is 11.6 Å². The number of hydrogen-bond donors (Lipinski definition) is 1. The molecule has 5 nitrogen and oxygen atoms in total. The molecule has 0 aliphatic heterocycles. The van der Waals surface area contributed by atoms with E-state index in [0.717, 1.165) is 25.3 Å². The number of hydrogen-bond acceptors (Lipinski definition) is 5. The maximum absolute atomic E-state index is 11.6. The standard InChI is InChI=1S/C12H18O5/c1-16-10(13)8-9(11(14)17-2)12(15)6-4-3-5-7-12/h8,15H,3-7H2,1-2H3/b9-8+. The second-order valence-corrected chi connectivity index (χ2v) is 4.16. The summed E-state index contributed by atoms with van der Waals surface area (Å²) in [5.74, 6) is -1.34. The summed E-state index contributed by atoms with van der Waals surface area (Å²) >= 11 is 0. The molecule has 0 radical (unpaired) electrons. The van der Waals surface area contributed by atoms with E-state index in [9.17, 15) is 14.7 Å². The zero-order chi connectivity index (χ0) is 12.9. The average molecular weight is 242 g/mol. The Morgan fingerprint density at radius 3 is 2.18 bits per heavy atom. The Morgan fingerprint density at radius 2 is 1.71 bits per heavy atom. The van der Waals surface area contributed by atoms with Gasteiger partial charge in [0.2, 0.25) is 0 Å². The highest BCUT2D eigenvalue weighted by atomic mass is 16.5. The van der Waals surface area contributed by atoms with Crippen LogP contribution in [0.4, 0.5) is 0 Å². The number of methoxy groups -OCH3 is 2. The van der Waals surface area contributed by atoms with E-state index in [1.165, 1.54) is 14.2 Å². The molecule has 0 atom stereocenters. The molecule has 0 heterocycles. The molecule has 0 aromatic carbocycles. The third-order valence-corrected chi connectivity index (χ3v) is 3.05. The highest BCUT2D eigenvalue weighted by molar-refractivity contribution is 5.97. The Kier molecular flexibility index (Phi) is 4.69. The molecule has 96 valence electrons. The Balaban J connectivity index is 3.00. The van der Waals surface area contributed by atoms with E-state index >= 15 is 0 Å². The van der Waals surface area contributed by atoms with Crippen LogP contribution in [-0.2, 0) is 19.1 Å². The summed E-state index contributed by atoms with van der Waals surface area (Å²) in [5.41, 5.74) is -1.27. The Hall–Kier alpha value is -1.36. The SMILES string of the molecule is COC(=O)/C=C(\C(=O)OC)C1(O)CCCCC1. The molecule has 1 rings (SSSR count). The van der Waals surface area contributed by atoms with Crippen LogP contribution in [-0.4, -0.2) is 36.9 Å². The van der Waals surface area contributed by atoms with Gasteiger partial charge in [0.15, 0.2) is 0 Å². The molecule has 1 aliphatic rings. The highest BCUT2D eigenvalue weighted by Gasteiger charge is 2.38. The van der Waals surface area contributed by atoms with Gasteiger partial charge in [-0.3, -0.25) is 0 Å². The van der Waals surface area contributed by atoms with Crippen LogP contribution < -0.4 is 0 Å². The first kappa shape index (κ1) is 13.7. The molecule has 1 fully saturated rings. The summed E-state index contributed by atoms with van der Waals surface area (Å²) in [5, 5.41) is 10.4.